The molecule has 0 unspecified atom stereocenters. The van der Waals surface area contributed by atoms with Gasteiger partial charge < -0.3 is 10.6 Å². The van der Waals surface area contributed by atoms with Crippen molar-refractivity contribution in [2.45, 2.75) is 6.42 Å². The average molecular weight is 420 g/mol. The largest absolute Gasteiger partial charge is 0.376 e. The first kappa shape index (κ1) is 17.6. The molecule has 3 rings (SSSR count). The summed E-state index contributed by atoms with van der Waals surface area (Å²) in [7, 11) is 0. The van der Waals surface area contributed by atoms with E-state index in [0.717, 1.165) is 15.8 Å². The molecule has 0 atom stereocenters. The van der Waals surface area contributed by atoms with E-state index in [1.54, 1.807) is 18.3 Å². The molecular formula is C18H15BrFN3OS. The van der Waals surface area contributed by atoms with Crippen molar-refractivity contribution in [2.75, 3.05) is 17.2 Å². The lowest BCUT2D eigenvalue weighted by Crippen LogP contribution is -2.21. The Balaban J connectivity index is 1.51. The van der Waals surface area contributed by atoms with Gasteiger partial charge in [0.25, 0.3) is 0 Å². The Morgan fingerprint density at radius 3 is 2.56 bits per heavy atom. The third kappa shape index (κ3) is 5.37. The van der Waals surface area contributed by atoms with Crippen LogP contribution in [0.2, 0.25) is 0 Å². The second kappa shape index (κ2) is 8.22. The highest BCUT2D eigenvalue weighted by Gasteiger charge is 2.07. The molecule has 7 heteroatoms. The van der Waals surface area contributed by atoms with Gasteiger partial charge in [-0.1, -0.05) is 28.1 Å². The molecule has 0 bridgehead atoms. The molecule has 1 amide bonds. The Labute approximate surface area is 157 Å². The van der Waals surface area contributed by atoms with Crippen LogP contribution in [-0.4, -0.2) is 17.4 Å². The maximum absolute atomic E-state index is 12.8. The first-order valence-corrected chi connectivity index (χ1v) is 9.18. The molecule has 4 nitrogen and oxygen atoms in total. The minimum Gasteiger partial charge on any atom is -0.376 e. The van der Waals surface area contributed by atoms with Crippen LogP contribution in [0.3, 0.4) is 0 Å². The van der Waals surface area contributed by atoms with Gasteiger partial charge in [0.15, 0.2) is 5.13 Å². The first-order valence-electron chi connectivity index (χ1n) is 7.57. The summed E-state index contributed by atoms with van der Waals surface area (Å²) < 4.78 is 13.9. The topological polar surface area (TPSA) is 54.0 Å². The average Bonchev–Trinajstić information content (AvgIpc) is 3.03. The van der Waals surface area contributed by atoms with Crippen LogP contribution >= 0.6 is 27.3 Å². The van der Waals surface area contributed by atoms with E-state index in [0.29, 0.717) is 10.8 Å². The number of rotatable bonds is 6. The lowest BCUT2D eigenvalue weighted by Gasteiger charge is -2.05. The highest BCUT2D eigenvalue weighted by Crippen LogP contribution is 2.22. The van der Waals surface area contributed by atoms with Crippen molar-refractivity contribution in [1.82, 2.24) is 4.98 Å². The normalized spacial score (nSPS) is 10.5. The molecule has 1 heterocycles. The van der Waals surface area contributed by atoms with Gasteiger partial charge in [-0.3, -0.25) is 4.79 Å². The van der Waals surface area contributed by atoms with Crippen LogP contribution in [0, 0.1) is 5.82 Å². The summed E-state index contributed by atoms with van der Waals surface area (Å²) in [4.78, 5) is 17.3. The highest BCUT2D eigenvalue weighted by molar-refractivity contribution is 9.10. The second-order valence-electron chi connectivity index (χ2n) is 5.34. The maximum Gasteiger partial charge on any atom is 0.245 e. The van der Waals surface area contributed by atoms with Gasteiger partial charge in [0.1, 0.15) is 5.82 Å². The molecule has 1 aromatic heterocycles. The molecule has 0 aliphatic rings. The van der Waals surface area contributed by atoms with Gasteiger partial charge in [0.05, 0.1) is 6.54 Å². The zero-order valence-corrected chi connectivity index (χ0v) is 15.5. The summed E-state index contributed by atoms with van der Waals surface area (Å²) in [6.07, 6.45) is 2.55. The van der Waals surface area contributed by atoms with Gasteiger partial charge in [-0.2, -0.15) is 0 Å². The lowest BCUT2D eigenvalue weighted by molar-refractivity contribution is -0.114. The molecule has 0 aliphatic carbocycles. The number of nitrogens with zero attached hydrogens (tertiary/aromatic N) is 1. The van der Waals surface area contributed by atoms with E-state index >= 15 is 0 Å². The Hall–Kier alpha value is -2.25. The lowest BCUT2D eigenvalue weighted by atomic mass is 10.1. The number of aromatic nitrogens is 1. The first-order chi connectivity index (χ1) is 12.1. The van der Waals surface area contributed by atoms with E-state index in [2.05, 4.69) is 43.7 Å². The molecule has 128 valence electrons. The number of nitrogens with one attached hydrogen (secondary N) is 2. The molecule has 0 radical (unpaired) electrons. The molecule has 0 aliphatic heterocycles. The van der Waals surface area contributed by atoms with Crippen molar-refractivity contribution in [3.63, 3.8) is 0 Å². The number of hydrogen-bond acceptors (Lipinski definition) is 4. The SMILES string of the molecule is O=C(CNc1ccc(F)cc1)Nc1ncc(Cc2ccc(Br)cc2)s1. The van der Waals surface area contributed by atoms with Crippen molar-refractivity contribution in [3.8, 4) is 0 Å². The number of carbonyl (C=O) groups excluding carboxylic acids is 1. The Bertz CT molecular complexity index is 850. The summed E-state index contributed by atoms with van der Waals surface area (Å²) in [5.41, 5.74) is 1.87. The fourth-order valence-electron chi connectivity index (χ4n) is 2.16. The molecule has 0 saturated carbocycles. The van der Waals surface area contributed by atoms with Crippen molar-refractivity contribution >= 4 is 44.0 Å². The maximum atomic E-state index is 12.8. The molecule has 0 saturated heterocycles. The van der Waals surface area contributed by atoms with Gasteiger partial charge >= 0.3 is 0 Å². The van der Waals surface area contributed by atoms with Crippen LogP contribution in [0.25, 0.3) is 0 Å². The number of benzene rings is 2. The van der Waals surface area contributed by atoms with Crippen LogP contribution < -0.4 is 10.6 Å². The highest BCUT2D eigenvalue weighted by atomic mass is 79.9. The van der Waals surface area contributed by atoms with Crippen molar-refractivity contribution in [1.29, 1.82) is 0 Å². The number of hydrogen-bond donors (Lipinski definition) is 2. The van der Waals surface area contributed by atoms with E-state index in [1.807, 2.05) is 12.1 Å². The molecule has 25 heavy (non-hydrogen) atoms. The Kier molecular flexibility index (Phi) is 5.78. The predicted octanol–water partition coefficient (Wildman–Crippen LogP) is 4.69. The third-order valence-corrected chi connectivity index (χ3v) is 4.83. The van der Waals surface area contributed by atoms with E-state index < -0.39 is 0 Å². The zero-order chi connectivity index (χ0) is 17.6. The van der Waals surface area contributed by atoms with Gasteiger partial charge in [0.2, 0.25) is 5.91 Å². The van der Waals surface area contributed by atoms with Gasteiger partial charge in [0, 0.05) is 27.7 Å². The van der Waals surface area contributed by atoms with Gasteiger partial charge in [-0.15, -0.1) is 11.3 Å². The monoisotopic (exact) mass is 419 g/mol. The van der Waals surface area contributed by atoms with Crippen LogP contribution in [0.1, 0.15) is 10.4 Å². The number of amides is 1. The van der Waals surface area contributed by atoms with Crippen LogP contribution in [-0.2, 0) is 11.2 Å². The fourth-order valence-corrected chi connectivity index (χ4v) is 3.29. The van der Waals surface area contributed by atoms with Crippen molar-refractivity contribution < 1.29 is 9.18 Å². The van der Waals surface area contributed by atoms with Crippen molar-refractivity contribution in [3.05, 3.63) is 75.5 Å². The summed E-state index contributed by atoms with van der Waals surface area (Å²) in [5, 5.41) is 6.27. The minimum atomic E-state index is -0.309. The number of thiazole rings is 1. The quantitative estimate of drug-likeness (QED) is 0.609. The molecule has 3 aromatic rings. The molecule has 0 spiro atoms. The van der Waals surface area contributed by atoms with E-state index in [-0.39, 0.29) is 18.3 Å². The Morgan fingerprint density at radius 2 is 1.84 bits per heavy atom. The number of halogens is 2. The van der Waals surface area contributed by atoms with E-state index in [4.69, 9.17) is 0 Å². The molecule has 2 N–H and O–H groups in total. The number of anilines is 2. The fraction of sp³-hybridized carbons (Fsp3) is 0.111. The van der Waals surface area contributed by atoms with E-state index in [9.17, 15) is 9.18 Å². The summed E-state index contributed by atoms with van der Waals surface area (Å²) in [6, 6.07) is 14.0. The van der Waals surface area contributed by atoms with Gasteiger partial charge in [-0.25, -0.2) is 9.37 Å². The van der Waals surface area contributed by atoms with Crippen LogP contribution in [0.4, 0.5) is 15.2 Å². The third-order valence-electron chi connectivity index (χ3n) is 3.39. The van der Waals surface area contributed by atoms with Crippen molar-refractivity contribution in [2.24, 2.45) is 0 Å². The summed E-state index contributed by atoms with van der Waals surface area (Å²) >= 11 is 4.87. The smallest absolute Gasteiger partial charge is 0.245 e. The number of carbonyl (C=O) groups is 1. The van der Waals surface area contributed by atoms with E-state index in [1.165, 1.54) is 29.0 Å². The predicted molar refractivity (Wildman–Crippen MR) is 103 cm³/mol. The minimum absolute atomic E-state index is 0.0905. The molecule has 2 aromatic carbocycles. The molecular weight excluding hydrogens is 405 g/mol. The van der Waals surface area contributed by atoms with Crippen LogP contribution in [0.15, 0.2) is 59.2 Å². The van der Waals surface area contributed by atoms with Crippen LogP contribution in [0.5, 0.6) is 0 Å². The molecule has 0 fully saturated rings. The second-order valence-corrected chi connectivity index (χ2v) is 7.37. The Morgan fingerprint density at radius 1 is 1.12 bits per heavy atom. The summed E-state index contributed by atoms with van der Waals surface area (Å²) in [6.45, 7) is 0.0905. The standard InChI is InChI=1S/C18H15BrFN3OS/c19-13-3-1-12(2-4-13)9-16-10-22-18(25-16)23-17(24)11-21-15-7-5-14(20)6-8-15/h1-8,10,21H,9,11H2,(H,22,23,24). The summed E-state index contributed by atoms with van der Waals surface area (Å²) in [5.74, 6) is -0.509. The van der Waals surface area contributed by atoms with Gasteiger partial charge in [-0.05, 0) is 42.0 Å². The zero-order valence-electron chi connectivity index (χ0n) is 13.1.